The molecular weight excluding hydrogens is 334 g/mol. The molecule has 0 aliphatic carbocycles. The Kier molecular flexibility index (Phi) is 5.42. The molecule has 6 heteroatoms. The van der Waals surface area contributed by atoms with Gasteiger partial charge >= 0.3 is 0 Å². The molecule has 0 unspecified atom stereocenters. The molecule has 1 aliphatic heterocycles. The van der Waals surface area contributed by atoms with E-state index in [0.717, 1.165) is 43.0 Å². The summed E-state index contributed by atoms with van der Waals surface area (Å²) in [5.41, 5.74) is 3.06. The summed E-state index contributed by atoms with van der Waals surface area (Å²) >= 11 is 0. The number of nitrogens with one attached hydrogen (secondary N) is 2. The molecule has 1 aliphatic rings. The van der Waals surface area contributed by atoms with Gasteiger partial charge in [-0.3, -0.25) is 0 Å². The molecule has 1 fully saturated rings. The van der Waals surface area contributed by atoms with E-state index in [9.17, 15) is 8.42 Å². The number of benzene rings is 2. The van der Waals surface area contributed by atoms with Gasteiger partial charge in [-0.05, 0) is 37.6 Å². The zero-order valence-corrected chi connectivity index (χ0v) is 15.5. The fraction of sp³-hybridized carbons (Fsp3) is 0.368. The van der Waals surface area contributed by atoms with Crippen LogP contribution < -0.4 is 14.9 Å². The minimum atomic E-state index is -3.52. The highest BCUT2D eigenvalue weighted by molar-refractivity contribution is 7.89. The van der Waals surface area contributed by atoms with E-state index in [-0.39, 0.29) is 6.04 Å². The summed E-state index contributed by atoms with van der Waals surface area (Å²) < 4.78 is 27.8. The van der Waals surface area contributed by atoms with E-state index in [0.29, 0.717) is 4.90 Å². The van der Waals surface area contributed by atoms with Crippen LogP contribution in [0.5, 0.6) is 0 Å². The Morgan fingerprint density at radius 2 is 1.72 bits per heavy atom. The Morgan fingerprint density at radius 3 is 2.36 bits per heavy atom. The van der Waals surface area contributed by atoms with Crippen LogP contribution in [0.2, 0.25) is 0 Å². The Bertz CT molecular complexity index is 814. The van der Waals surface area contributed by atoms with E-state index in [1.54, 1.807) is 12.1 Å². The van der Waals surface area contributed by atoms with E-state index >= 15 is 0 Å². The number of piperazine rings is 1. The molecule has 134 valence electrons. The second kappa shape index (κ2) is 7.56. The topological polar surface area (TPSA) is 61.4 Å². The summed E-state index contributed by atoms with van der Waals surface area (Å²) in [5.74, 6) is 0. The van der Waals surface area contributed by atoms with Gasteiger partial charge in [0.1, 0.15) is 0 Å². The summed E-state index contributed by atoms with van der Waals surface area (Å²) in [6.45, 7) is 7.34. The molecule has 0 atom stereocenters. The molecule has 0 bridgehead atoms. The zero-order chi connectivity index (χ0) is 17.9. The number of hydrogen-bond acceptors (Lipinski definition) is 4. The summed E-state index contributed by atoms with van der Waals surface area (Å²) in [6.07, 6.45) is 0. The maximum atomic E-state index is 12.6. The molecule has 2 aromatic carbocycles. The fourth-order valence-electron chi connectivity index (χ4n) is 3.09. The molecule has 2 N–H and O–H groups in total. The number of hydrogen-bond donors (Lipinski definition) is 2. The van der Waals surface area contributed by atoms with Crippen LogP contribution in [0.4, 0.5) is 5.69 Å². The zero-order valence-electron chi connectivity index (χ0n) is 14.7. The van der Waals surface area contributed by atoms with Crippen LogP contribution in [-0.4, -0.2) is 40.6 Å². The van der Waals surface area contributed by atoms with Crippen LogP contribution in [0.25, 0.3) is 11.1 Å². The van der Waals surface area contributed by atoms with Gasteiger partial charge in [-0.1, -0.05) is 30.3 Å². The maximum Gasteiger partial charge on any atom is 0.240 e. The van der Waals surface area contributed by atoms with Crippen LogP contribution in [-0.2, 0) is 10.0 Å². The monoisotopic (exact) mass is 359 g/mol. The number of sulfonamides is 1. The Hall–Kier alpha value is -1.89. The van der Waals surface area contributed by atoms with Crippen molar-refractivity contribution in [2.75, 3.05) is 31.1 Å². The first-order valence-electron chi connectivity index (χ1n) is 8.65. The third-order valence-electron chi connectivity index (χ3n) is 4.21. The lowest BCUT2D eigenvalue weighted by molar-refractivity contribution is 0.569. The van der Waals surface area contributed by atoms with Crippen molar-refractivity contribution < 1.29 is 8.42 Å². The number of anilines is 1. The summed E-state index contributed by atoms with van der Waals surface area (Å²) in [6, 6.07) is 15.2. The standard InChI is InChI=1S/C19H25N3O2S/c1-15(2)21-25(23,24)17-8-9-19(22-12-10-20-11-13-22)18(14-17)16-6-4-3-5-7-16/h3-9,14-15,20-21H,10-13H2,1-2H3. The molecule has 2 aromatic rings. The first-order chi connectivity index (χ1) is 12.0. The van der Waals surface area contributed by atoms with Gasteiger partial charge in [0.05, 0.1) is 4.90 Å². The molecule has 0 spiro atoms. The van der Waals surface area contributed by atoms with Crippen molar-refractivity contribution >= 4 is 15.7 Å². The van der Waals surface area contributed by atoms with Gasteiger partial charge in [0.2, 0.25) is 10.0 Å². The predicted octanol–water partition coefficient (Wildman–Crippen LogP) is 2.45. The summed E-state index contributed by atoms with van der Waals surface area (Å²) in [4.78, 5) is 2.62. The molecule has 0 aromatic heterocycles. The fourth-order valence-corrected chi connectivity index (χ4v) is 4.37. The van der Waals surface area contributed by atoms with Crippen LogP contribution >= 0.6 is 0 Å². The van der Waals surface area contributed by atoms with Crippen molar-refractivity contribution in [2.45, 2.75) is 24.8 Å². The number of nitrogens with zero attached hydrogens (tertiary/aromatic N) is 1. The number of rotatable bonds is 5. The van der Waals surface area contributed by atoms with E-state index in [1.807, 2.05) is 50.2 Å². The van der Waals surface area contributed by atoms with Crippen molar-refractivity contribution in [3.05, 3.63) is 48.5 Å². The average Bonchev–Trinajstić information content (AvgIpc) is 2.62. The molecule has 0 amide bonds. The van der Waals surface area contributed by atoms with Crippen LogP contribution in [0.15, 0.2) is 53.4 Å². The van der Waals surface area contributed by atoms with Crippen molar-refractivity contribution in [1.82, 2.24) is 10.0 Å². The lowest BCUT2D eigenvalue weighted by atomic mass is 10.0. The normalized spacial score (nSPS) is 15.6. The van der Waals surface area contributed by atoms with Crippen LogP contribution in [0.3, 0.4) is 0 Å². The second-order valence-electron chi connectivity index (χ2n) is 6.56. The van der Waals surface area contributed by atoms with Gasteiger partial charge < -0.3 is 10.2 Å². The van der Waals surface area contributed by atoms with Gasteiger partial charge in [-0.25, -0.2) is 13.1 Å². The van der Waals surface area contributed by atoms with Crippen LogP contribution in [0, 0.1) is 0 Å². The largest absolute Gasteiger partial charge is 0.368 e. The average molecular weight is 359 g/mol. The molecular formula is C19H25N3O2S. The smallest absolute Gasteiger partial charge is 0.240 e. The summed E-state index contributed by atoms with van der Waals surface area (Å²) in [5, 5.41) is 3.35. The third kappa shape index (κ3) is 4.21. The van der Waals surface area contributed by atoms with Crippen LogP contribution in [0.1, 0.15) is 13.8 Å². The Labute approximate surface area is 150 Å². The van der Waals surface area contributed by atoms with Crippen molar-refractivity contribution in [3.63, 3.8) is 0 Å². The van der Waals surface area contributed by atoms with Gasteiger partial charge in [-0.15, -0.1) is 0 Å². The first kappa shape index (κ1) is 17.9. The molecule has 1 saturated heterocycles. The molecule has 0 radical (unpaired) electrons. The van der Waals surface area contributed by atoms with Crippen molar-refractivity contribution in [3.8, 4) is 11.1 Å². The highest BCUT2D eigenvalue weighted by atomic mass is 32.2. The highest BCUT2D eigenvalue weighted by Gasteiger charge is 2.20. The summed E-state index contributed by atoms with van der Waals surface area (Å²) in [7, 11) is -3.52. The highest BCUT2D eigenvalue weighted by Crippen LogP contribution is 2.33. The molecule has 1 heterocycles. The first-order valence-corrected chi connectivity index (χ1v) is 10.1. The van der Waals surface area contributed by atoms with Gasteiger partial charge in [0, 0.05) is 43.5 Å². The van der Waals surface area contributed by atoms with E-state index < -0.39 is 10.0 Å². The van der Waals surface area contributed by atoms with Gasteiger partial charge in [-0.2, -0.15) is 0 Å². The molecule has 0 saturated carbocycles. The Morgan fingerprint density at radius 1 is 1.04 bits per heavy atom. The predicted molar refractivity (Wildman–Crippen MR) is 102 cm³/mol. The molecule has 3 rings (SSSR count). The minimum absolute atomic E-state index is 0.141. The van der Waals surface area contributed by atoms with E-state index in [1.165, 1.54) is 0 Å². The van der Waals surface area contributed by atoms with Gasteiger partial charge in [0.25, 0.3) is 0 Å². The minimum Gasteiger partial charge on any atom is -0.368 e. The lowest BCUT2D eigenvalue weighted by Crippen LogP contribution is -2.43. The Balaban J connectivity index is 2.08. The molecule has 25 heavy (non-hydrogen) atoms. The SMILES string of the molecule is CC(C)NS(=O)(=O)c1ccc(N2CCNCC2)c(-c2ccccc2)c1. The van der Waals surface area contributed by atoms with Crippen molar-refractivity contribution in [2.24, 2.45) is 0 Å². The second-order valence-corrected chi connectivity index (χ2v) is 8.27. The molecule has 5 nitrogen and oxygen atoms in total. The lowest BCUT2D eigenvalue weighted by Gasteiger charge is -2.31. The van der Waals surface area contributed by atoms with Gasteiger partial charge in [0.15, 0.2) is 0 Å². The quantitative estimate of drug-likeness (QED) is 0.861. The third-order valence-corrected chi connectivity index (χ3v) is 5.87. The van der Waals surface area contributed by atoms with E-state index in [4.69, 9.17) is 0 Å². The maximum absolute atomic E-state index is 12.6. The van der Waals surface area contributed by atoms with E-state index in [2.05, 4.69) is 14.9 Å². The van der Waals surface area contributed by atoms with Crippen molar-refractivity contribution in [1.29, 1.82) is 0 Å².